The van der Waals surface area contributed by atoms with Crippen LogP contribution in [0.3, 0.4) is 0 Å². The van der Waals surface area contributed by atoms with Crippen LogP contribution in [-0.4, -0.2) is 11.1 Å². The molecule has 0 unspecified atom stereocenters. The van der Waals surface area contributed by atoms with Gasteiger partial charge in [0.15, 0.2) is 0 Å². The van der Waals surface area contributed by atoms with Crippen LogP contribution in [0.15, 0.2) is 47.6 Å². The van der Waals surface area contributed by atoms with E-state index in [4.69, 9.17) is 5.11 Å². The molecule has 1 aromatic rings. The van der Waals surface area contributed by atoms with Crippen LogP contribution in [0.5, 0.6) is 0 Å². The van der Waals surface area contributed by atoms with Crippen molar-refractivity contribution >= 4 is 5.97 Å². The first-order valence-electron chi connectivity index (χ1n) is 9.57. The fourth-order valence-electron chi connectivity index (χ4n) is 3.67. The molecule has 0 radical (unpaired) electrons. The fourth-order valence-corrected chi connectivity index (χ4v) is 3.67. The number of aryl methyl sites for hydroxylation is 1. The van der Waals surface area contributed by atoms with Gasteiger partial charge >= 0.3 is 5.97 Å². The van der Waals surface area contributed by atoms with Crippen molar-refractivity contribution in [2.24, 2.45) is 5.41 Å². The average molecular weight is 351 g/mol. The van der Waals surface area contributed by atoms with E-state index in [2.05, 4.69) is 50.8 Å². The number of carboxylic acids is 1. The molecule has 26 heavy (non-hydrogen) atoms. The number of benzene rings is 1. The maximum absolute atomic E-state index is 10.6. The molecule has 0 aliphatic heterocycles. The van der Waals surface area contributed by atoms with Gasteiger partial charge in [-0.05, 0) is 80.2 Å². The van der Waals surface area contributed by atoms with E-state index in [1.165, 1.54) is 36.0 Å². The molecule has 1 aliphatic carbocycles. The van der Waals surface area contributed by atoms with Crippen molar-refractivity contribution in [3.63, 3.8) is 0 Å². The van der Waals surface area contributed by atoms with Crippen LogP contribution in [0.4, 0.5) is 0 Å². The lowest BCUT2D eigenvalue weighted by Gasteiger charge is -2.32. The van der Waals surface area contributed by atoms with E-state index in [1.807, 2.05) is 18.2 Å². The number of hydrogen-bond donors (Lipinski definition) is 1. The predicted octanol–water partition coefficient (Wildman–Crippen LogP) is 5.92. The Morgan fingerprint density at radius 3 is 2.85 bits per heavy atom. The highest BCUT2D eigenvalue weighted by molar-refractivity contribution is 5.66. The summed E-state index contributed by atoms with van der Waals surface area (Å²) in [6.45, 7) is 6.87. The van der Waals surface area contributed by atoms with E-state index >= 15 is 0 Å². The maximum Gasteiger partial charge on any atom is 0.303 e. The zero-order chi connectivity index (χ0) is 19.0. The van der Waals surface area contributed by atoms with Crippen LogP contribution >= 0.6 is 0 Å². The molecule has 1 aliphatic rings. The minimum absolute atomic E-state index is 0.246. The highest BCUT2D eigenvalue weighted by Gasteiger charge is 2.26. The Balaban J connectivity index is 1.97. The van der Waals surface area contributed by atoms with E-state index in [9.17, 15) is 4.79 Å². The van der Waals surface area contributed by atoms with Crippen LogP contribution in [0, 0.1) is 17.3 Å². The summed E-state index contributed by atoms with van der Waals surface area (Å²) < 4.78 is 0. The molecule has 0 atom stereocenters. The SMILES string of the molecule is CC1=C(C=CC#Cc2cccc(CCCCC(=O)O)c2)C(C)(C)CCC1. The number of aliphatic carboxylic acids is 1. The monoisotopic (exact) mass is 350 g/mol. The van der Waals surface area contributed by atoms with E-state index in [0.29, 0.717) is 0 Å². The Morgan fingerprint density at radius 1 is 1.31 bits per heavy atom. The van der Waals surface area contributed by atoms with Crippen molar-refractivity contribution < 1.29 is 9.90 Å². The van der Waals surface area contributed by atoms with Gasteiger partial charge < -0.3 is 5.11 Å². The van der Waals surface area contributed by atoms with Gasteiger partial charge in [-0.15, -0.1) is 0 Å². The summed E-state index contributed by atoms with van der Waals surface area (Å²) in [5.74, 6) is 5.68. The molecule has 2 heteroatoms. The lowest BCUT2D eigenvalue weighted by atomic mass is 9.73. The van der Waals surface area contributed by atoms with E-state index in [1.54, 1.807) is 0 Å². The van der Waals surface area contributed by atoms with Crippen molar-refractivity contribution in [2.45, 2.75) is 65.7 Å². The Kier molecular flexibility index (Phi) is 7.27. The second kappa shape index (κ2) is 9.43. The molecule has 0 saturated carbocycles. The Labute approximate surface area is 158 Å². The number of carbonyl (C=O) groups is 1. The third-order valence-electron chi connectivity index (χ3n) is 5.13. The standard InChI is InChI=1S/C24H30O2/c1-19-10-9-17-24(2,3)22(19)15-6-4-11-20-13-8-14-21(18-20)12-5-7-16-23(25)26/h6,8,13-15,18H,5,7,9-10,12,16-17H2,1-3H3,(H,25,26). The van der Waals surface area contributed by atoms with Crippen LogP contribution in [0.2, 0.25) is 0 Å². The predicted molar refractivity (Wildman–Crippen MR) is 108 cm³/mol. The molecular weight excluding hydrogens is 320 g/mol. The van der Waals surface area contributed by atoms with Gasteiger partial charge in [-0.1, -0.05) is 49.5 Å². The van der Waals surface area contributed by atoms with Crippen molar-refractivity contribution in [3.8, 4) is 11.8 Å². The highest BCUT2D eigenvalue weighted by Crippen LogP contribution is 2.40. The molecule has 1 N–H and O–H groups in total. The molecule has 0 amide bonds. The quantitative estimate of drug-likeness (QED) is 0.511. The Hall–Kier alpha value is -2.27. The highest BCUT2D eigenvalue weighted by atomic mass is 16.4. The third kappa shape index (κ3) is 6.23. The maximum atomic E-state index is 10.6. The summed E-state index contributed by atoms with van der Waals surface area (Å²) in [6.07, 6.45) is 10.6. The first-order valence-corrected chi connectivity index (χ1v) is 9.57. The summed E-state index contributed by atoms with van der Waals surface area (Å²) in [7, 11) is 0. The zero-order valence-electron chi connectivity index (χ0n) is 16.3. The van der Waals surface area contributed by atoms with E-state index in [-0.39, 0.29) is 11.8 Å². The summed E-state index contributed by atoms with van der Waals surface area (Å²) in [5, 5.41) is 8.69. The summed E-state index contributed by atoms with van der Waals surface area (Å²) in [4.78, 5) is 10.6. The van der Waals surface area contributed by atoms with Gasteiger partial charge in [0.1, 0.15) is 0 Å². The largest absolute Gasteiger partial charge is 0.481 e. The number of carboxylic acid groups (broad SMARTS) is 1. The van der Waals surface area contributed by atoms with Crippen molar-refractivity contribution in [1.82, 2.24) is 0 Å². The van der Waals surface area contributed by atoms with E-state index in [0.717, 1.165) is 24.8 Å². The summed E-state index contributed by atoms with van der Waals surface area (Å²) in [6, 6.07) is 8.24. The molecule has 0 saturated heterocycles. The minimum Gasteiger partial charge on any atom is -0.481 e. The third-order valence-corrected chi connectivity index (χ3v) is 5.13. The second-order valence-corrected chi connectivity index (χ2v) is 7.84. The summed E-state index contributed by atoms with van der Waals surface area (Å²) in [5.41, 5.74) is 5.40. The topological polar surface area (TPSA) is 37.3 Å². The van der Waals surface area contributed by atoms with Crippen molar-refractivity contribution in [1.29, 1.82) is 0 Å². The van der Waals surface area contributed by atoms with Gasteiger partial charge in [-0.3, -0.25) is 4.79 Å². The van der Waals surface area contributed by atoms with Gasteiger partial charge in [0.2, 0.25) is 0 Å². The minimum atomic E-state index is -0.720. The number of unbranched alkanes of at least 4 members (excludes halogenated alkanes) is 1. The smallest absolute Gasteiger partial charge is 0.303 e. The van der Waals surface area contributed by atoms with Crippen molar-refractivity contribution in [3.05, 3.63) is 58.7 Å². The van der Waals surface area contributed by atoms with Gasteiger partial charge in [-0.2, -0.15) is 0 Å². The molecule has 138 valence electrons. The zero-order valence-corrected chi connectivity index (χ0v) is 16.3. The first-order chi connectivity index (χ1) is 12.4. The number of hydrogen-bond acceptors (Lipinski definition) is 1. The lowest BCUT2D eigenvalue weighted by Crippen LogP contribution is -2.18. The Bertz CT molecular complexity index is 754. The van der Waals surface area contributed by atoms with Crippen LogP contribution in [0.1, 0.15) is 70.4 Å². The Morgan fingerprint density at radius 2 is 2.12 bits per heavy atom. The molecule has 0 fully saturated rings. The normalized spacial score (nSPS) is 16.4. The average Bonchev–Trinajstić information content (AvgIpc) is 2.57. The van der Waals surface area contributed by atoms with Gasteiger partial charge in [0.05, 0.1) is 0 Å². The van der Waals surface area contributed by atoms with Crippen LogP contribution in [-0.2, 0) is 11.2 Å². The second-order valence-electron chi connectivity index (χ2n) is 7.84. The molecular formula is C24H30O2. The number of rotatable bonds is 6. The van der Waals surface area contributed by atoms with Crippen molar-refractivity contribution in [2.75, 3.05) is 0 Å². The lowest BCUT2D eigenvalue weighted by molar-refractivity contribution is -0.137. The van der Waals surface area contributed by atoms with Crippen LogP contribution < -0.4 is 0 Å². The molecule has 0 bridgehead atoms. The molecule has 1 aromatic carbocycles. The van der Waals surface area contributed by atoms with Gasteiger partial charge in [-0.25, -0.2) is 0 Å². The van der Waals surface area contributed by atoms with E-state index < -0.39 is 5.97 Å². The first kappa shape index (κ1) is 20.0. The molecule has 2 nitrogen and oxygen atoms in total. The fraction of sp³-hybridized carbons (Fsp3) is 0.458. The summed E-state index contributed by atoms with van der Waals surface area (Å²) >= 11 is 0. The van der Waals surface area contributed by atoms with Gasteiger partial charge in [0, 0.05) is 12.0 Å². The molecule has 0 heterocycles. The van der Waals surface area contributed by atoms with Gasteiger partial charge in [0.25, 0.3) is 0 Å². The molecule has 0 aromatic heterocycles. The van der Waals surface area contributed by atoms with Crippen LogP contribution in [0.25, 0.3) is 0 Å². The molecule has 0 spiro atoms. The number of allylic oxidation sites excluding steroid dienone is 4. The molecule has 2 rings (SSSR count).